The monoisotopic (exact) mass is 497 g/mol. The standard InChI is InChI=1S/C23H17BrClN3O3/c1-13-9-15(10-16(12-26)22(29)27-18-5-3-17(24)4-6-18)14(2)28(13)19-7-8-20(23(30)31)21(25)11-19/h3-11H,1-2H3,(H,27,29)(H,30,31)/b16-10-. The molecule has 0 atom stereocenters. The lowest BCUT2D eigenvalue weighted by atomic mass is 10.1. The summed E-state index contributed by atoms with van der Waals surface area (Å²) in [7, 11) is 0. The number of rotatable bonds is 5. The summed E-state index contributed by atoms with van der Waals surface area (Å²) in [5.41, 5.74) is 3.55. The SMILES string of the molecule is Cc1cc(/C=C(/C#N)C(=O)Nc2ccc(Br)cc2)c(C)n1-c1ccc(C(=O)O)c(Cl)c1. The number of hydrogen-bond acceptors (Lipinski definition) is 3. The van der Waals surface area contributed by atoms with Crippen LogP contribution in [0.5, 0.6) is 0 Å². The number of carbonyl (C=O) groups is 2. The van der Waals surface area contributed by atoms with Crippen LogP contribution in [-0.2, 0) is 4.79 Å². The highest BCUT2D eigenvalue weighted by Crippen LogP contribution is 2.26. The Morgan fingerprint density at radius 2 is 1.84 bits per heavy atom. The lowest BCUT2D eigenvalue weighted by Gasteiger charge is -2.11. The minimum Gasteiger partial charge on any atom is -0.478 e. The summed E-state index contributed by atoms with van der Waals surface area (Å²) >= 11 is 9.45. The summed E-state index contributed by atoms with van der Waals surface area (Å²) in [6.45, 7) is 3.72. The quantitative estimate of drug-likeness (QED) is 0.346. The lowest BCUT2D eigenvalue weighted by molar-refractivity contribution is -0.112. The van der Waals surface area contributed by atoms with Gasteiger partial charge in [0.1, 0.15) is 11.6 Å². The van der Waals surface area contributed by atoms with Gasteiger partial charge in [0.15, 0.2) is 0 Å². The number of carboxylic acid groups (broad SMARTS) is 1. The van der Waals surface area contributed by atoms with E-state index < -0.39 is 11.9 Å². The van der Waals surface area contributed by atoms with Gasteiger partial charge in [0, 0.05) is 27.2 Å². The average molecular weight is 499 g/mol. The lowest BCUT2D eigenvalue weighted by Crippen LogP contribution is -2.13. The van der Waals surface area contributed by atoms with Crippen LogP contribution in [0, 0.1) is 25.2 Å². The molecule has 0 bridgehead atoms. The fourth-order valence-corrected chi connectivity index (χ4v) is 3.70. The van der Waals surface area contributed by atoms with Crippen molar-refractivity contribution in [3.05, 3.63) is 86.1 Å². The minimum atomic E-state index is -1.10. The van der Waals surface area contributed by atoms with Crippen molar-refractivity contribution in [3.8, 4) is 11.8 Å². The fourth-order valence-electron chi connectivity index (χ4n) is 3.18. The predicted octanol–water partition coefficient (Wildman–Crippen LogP) is 5.75. The Hall–Kier alpha value is -3.34. The van der Waals surface area contributed by atoms with Gasteiger partial charge in [-0.1, -0.05) is 27.5 Å². The molecule has 6 nitrogen and oxygen atoms in total. The molecule has 1 amide bonds. The smallest absolute Gasteiger partial charge is 0.337 e. The summed E-state index contributed by atoms with van der Waals surface area (Å²) in [6.07, 6.45) is 1.53. The molecule has 0 spiro atoms. The van der Waals surface area contributed by atoms with E-state index in [1.54, 1.807) is 36.4 Å². The summed E-state index contributed by atoms with van der Waals surface area (Å²) in [6, 6.07) is 15.5. The highest BCUT2D eigenvalue weighted by Gasteiger charge is 2.16. The Kier molecular flexibility index (Phi) is 6.64. The van der Waals surface area contributed by atoms with Gasteiger partial charge in [0.05, 0.1) is 10.6 Å². The molecule has 31 heavy (non-hydrogen) atoms. The number of aromatic nitrogens is 1. The Morgan fingerprint density at radius 3 is 2.42 bits per heavy atom. The number of halogens is 2. The topological polar surface area (TPSA) is 95.1 Å². The molecule has 0 aliphatic heterocycles. The third-order valence-corrected chi connectivity index (χ3v) is 5.52. The first kappa shape index (κ1) is 22.3. The molecule has 0 saturated carbocycles. The van der Waals surface area contributed by atoms with Gasteiger partial charge in [-0.15, -0.1) is 0 Å². The Balaban J connectivity index is 1.94. The van der Waals surface area contributed by atoms with Crippen molar-refractivity contribution in [3.63, 3.8) is 0 Å². The van der Waals surface area contributed by atoms with E-state index in [0.29, 0.717) is 16.9 Å². The van der Waals surface area contributed by atoms with Crippen LogP contribution in [0.3, 0.4) is 0 Å². The molecule has 156 valence electrons. The van der Waals surface area contributed by atoms with Crippen molar-refractivity contribution in [2.75, 3.05) is 5.32 Å². The number of aromatic carboxylic acids is 1. The van der Waals surface area contributed by atoms with Gasteiger partial charge in [-0.25, -0.2) is 4.79 Å². The Labute approximate surface area is 192 Å². The number of benzene rings is 2. The highest BCUT2D eigenvalue weighted by molar-refractivity contribution is 9.10. The molecule has 2 aromatic carbocycles. The van der Waals surface area contributed by atoms with Crippen molar-refractivity contribution >= 4 is 51.2 Å². The number of anilines is 1. The van der Waals surface area contributed by atoms with Crippen molar-refractivity contribution in [1.29, 1.82) is 5.26 Å². The van der Waals surface area contributed by atoms with Crippen LogP contribution in [0.1, 0.15) is 27.3 Å². The number of aryl methyl sites for hydroxylation is 1. The summed E-state index contributed by atoms with van der Waals surface area (Å²) in [4.78, 5) is 23.8. The van der Waals surface area contributed by atoms with Crippen LogP contribution in [0.25, 0.3) is 11.8 Å². The summed E-state index contributed by atoms with van der Waals surface area (Å²) in [5, 5.41) is 21.5. The number of amides is 1. The first-order valence-corrected chi connectivity index (χ1v) is 10.3. The van der Waals surface area contributed by atoms with Crippen LogP contribution in [0.4, 0.5) is 5.69 Å². The number of carboxylic acids is 1. The van der Waals surface area contributed by atoms with E-state index in [4.69, 9.17) is 16.7 Å². The fraction of sp³-hybridized carbons (Fsp3) is 0.0870. The molecular weight excluding hydrogens is 482 g/mol. The summed E-state index contributed by atoms with van der Waals surface area (Å²) in [5.74, 6) is -1.61. The van der Waals surface area contributed by atoms with Gasteiger partial charge < -0.3 is 15.0 Å². The first-order chi connectivity index (χ1) is 14.7. The number of carbonyl (C=O) groups excluding carboxylic acids is 1. The molecule has 8 heteroatoms. The zero-order chi connectivity index (χ0) is 22.7. The maximum atomic E-state index is 12.6. The first-order valence-electron chi connectivity index (χ1n) is 9.12. The molecule has 2 N–H and O–H groups in total. The number of nitrogens with one attached hydrogen (secondary N) is 1. The van der Waals surface area contributed by atoms with Crippen LogP contribution in [-0.4, -0.2) is 21.6 Å². The summed E-state index contributed by atoms with van der Waals surface area (Å²) < 4.78 is 2.76. The molecule has 1 heterocycles. The molecule has 0 fully saturated rings. The number of nitrogens with zero attached hydrogens (tertiary/aromatic N) is 2. The van der Waals surface area contributed by atoms with E-state index in [9.17, 15) is 14.9 Å². The van der Waals surface area contributed by atoms with Gasteiger partial charge in [-0.3, -0.25) is 4.79 Å². The molecular formula is C23H17BrClN3O3. The Bertz CT molecular complexity index is 1250. The van der Waals surface area contributed by atoms with Crippen LogP contribution < -0.4 is 5.32 Å². The van der Waals surface area contributed by atoms with E-state index in [2.05, 4.69) is 21.2 Å². The van der Waals surface area contributed by atoms with Crippen molar-refractivity contribution < 1.29 is 14.7 Å². The van der Waals surface area contributed by atoms with Gasteiger partial charge in [0.25, 0.3) is 5.91 Å². The number of hydrogen-bond donors (Lipinski definition) is 2. The zero-order valence-electron chi connectivity index (χ0n) is 16.6. The van der Waals surface area contributed by atoms with Gasteiger partial charge in [0.2, 0.25) is 0 Å². The minimum absolute atomic E-state index is 0.0179. The van der Waals surface area contributed by atoms with Crippen LogP contribution in [0.2, 0.25) is 5.02 Å². The maximum Gasteiger partial charge on any atom is 0.337 e. The van der Waals surface area contributed by atoms with E-state index >= 15 is 0 Å². The maximum absolute atomic E-state index is 12.6. The van der Waals surface area contributed by atoms with E-state index in [1.165, 1.54) is 12.1 Å². The van der Waals surface area contributed by atoms with Crippen molar-refractivity contribution in [1.82, 2.24) is 4.57 Å². The molecule has 0 radical (unpaired) electrons. The van der Waals surface area contributed by atoms with E-state index in [0.717, 1.165) is 15.9 Å². The van der Waals surface area contributed by atoms with Gasteiger partial charge in [-0.05, 0) is 74.0 Å². The molecule has 3 rings (SSSR count). The van der Waals surface area contributed by atoms with Crippen LogP contribution in [0.15, 0.2) is 58.6 Å². The predicted molar refractivity (Wildman–Crippen MR) is 124 cm³/mol. The van der Waals surface area contributed by atoms with E-state index in [1.807, 2.05) is 30.6 Å². The molecule has 0 aliphatic rings. The number of nitriles is 1. The Morgan fingerprint density at radius 1 is 1.16 bits per heavy atom. The van der Waals surface area contributed by atoms with Crippen molar-refractivity contribution in [2.24, 2.45) is 0 Å². The normalized spacial score (nSPS) is 11.1. The zero-order valence-corrected chi connectivity index (χ0v) is 19.0. The second kappa shape index (κ2) is 9.21. The van der Waals surface area contributed by atoms with E-state index in [-0.39, 0.29) is 16.2 Å². The van der Waals surface area contributed by atoms with Gasteiger partial charge >= 0.3 is 5.97 Å². The van der Waals surface area contributed by atoms with Gasteiger partial charge in [-0.2, -0.15) is 5.26 Å². The average Bonchev–Trinajstić information content (AvgIpc) is 3.00. The second-order valence-electron chi connectivity index (χ2n) is 6.76. The van der Waals surface area contributed by atoms with Crippen molar-refractivity contribution in [2.45, 2.75) is 13.8 Å². The molecule has 0 aliphatic carbocycles. The largest absolute Gasteiger partial charge is 0.478 e. The molecule has 3 aromatic rings. The highest BCUT2D eigenvalue weighted by atomic mass is 79.9. The molecule has 0 unspecified atom stereocenters. The van der Waals surface area contributed by atoms with Crippen LogP contribution >= 0.6 is 27.5 Å². The molecule has 0 saturated heterocycles. The third-order valence-electron chi connectivity index (χ3n) is 4.68. The second-order valence-corrected chi connectivity index (χ2v) is 8.08. The third kappa shape index (κ3) is 4.88. The molecule has 1 aromatic heterocycles.